The van der Waals surface area contributed by atoms with Gasteiger partial charge >= 0.3 is 0 Å². The van der Waals surface area contributed by atoms with Gasteiger partial charge in [-0.3, -0.25) is 0 Å². The summed E-state index contributed by atoms with van der Waals surface area (Å²) < 4.78 is 26.7. The summed E-state index contributed by atoms with van der Waals surface area (Å²) in [6.07, 6.45) is 1.28. The Hall–Kier alpha value is -2.41. The van der Waals surface area contributed by atoms with Gasteiger partial charge in [-0.1, -0.05) is 17.7 Å². The van der Waals surface area contributed by atoms with Gasteiger partial charge in [0.05, 0.1) is 16.8 Å². The zero-order chi connectivity index (χ0) is 15.2. The van der Waals surface area contributed by atoms with Crippen molar-refractivity contribution in [2.24, 2.45) is 0 Å². The van der Waals surface area contributed by atoms with Crippen molar-refractivity contribution in [1.82, 2.24) is 14.6 Å². The number of sulfone groups is 1. The molecule has 2 N–H and O–H groups in total. The van der Waals surface area contributed by atoms with Crippen LogP contribution in [0, 0.1) is 13.8 Å². The number of aryl methyl sites for hydroxylation is 2. The molecule has 6 nitrogen and oxygen atoms in total. The van der Waals surface area contributed by atoms with E-state index in [-0.39, 0.29) is 15.6 Å². The molecule has 0 amide bonds. The van der Waals surface area contributed by atoms with Crippen molar-refractivity contribution in [3.05, 3.63) is 47.8 Å². The van der Waals surface area contributed by atoms with Gasteiger partial charge in [-0.15, -0.1) is 0 Å². The largest absolute Gasteiger partial charge is 0.382 e. The zero-order valence-corrected chi connectivity index (χ0v) is 12.4. The van der Waals surface area contributed by atoms with Gasteiger partial charge in [-0.2, -0.15) is 9.61 Å². The highest BCUT2D eigenvalue weighted by Gasteiger charge is 2.23. The van der Waals surface area contributed by atoms with Crippen LogP contribution in [0.5, 0.6) is 0 Å². The minimum Gasteiger partial charge on any atom is -0.382 e. The summed E-state index contributed by atoms with van der Waals surface area (Å²) >= 11 is 0. The van der Waals surface area contributed by atoms with E-state index in [1.54, 1.807) is 37.3 Å². The van der Waals surface area contributed by atoms with Gasteiger partial charge in [0.1, 0.15) is 10.7 Å². The second kappa shape index (κ2) is 4.56. The van der Waals surface area contributed by atoms with Crippen LogP contribution < -0.4 is 5.73 Å². The average Bonchev–Trinajstić information content (AvgIpc) is 2.81. The van der Waals surface area contributed by atoms with E-state index in [1.807, 2.05) is 6.92 Å². The quantitative estimate of drug-likeness (QED) is 0.779. The topological polar surface area (TPSA) is 90.3 Å². The third-order valence-electron chi connectivity index (χ3n) is 3.23. The molecule has 0 fully saturated rings. The fourth-order valence-electron chi connectivity index (χ4n) is 2.10. The van der Waals surface area contributed by atoms with Gasteiger partial charge in [0.25, 0.3) is 0 Å². The summed E-state index contributed by atoms with van der Waals surface area (Å²) in [5.74, 6) is 0.0636. The van der Waals surface area contributed by atoms with Crippen LogP contribution in [0.25, 0.3) is 5.65 Å². The minimum absolute atomic E-state index is 0.0399. The smallest absolute Gasteiger partial charge is 0.211 e. The van der Waals surface area contributed by atoms with Crippen LogP contribution in [0.15, 0.2) is 46.3 Å². The molecule has 21 heavy (non-hydrogen) atoms. The standard InChI is InChI=1S/C14H14N4O2S/c1-9-3-5-11(6-4-9)21(19,20)12-8-16-13-7-10(2)17-18(13)14(12)15/h3-8H,15H2,1-2H3. The van der Waals surface area contributed by atoms with E-state index in [0.717, 1.165) is 11.3 Å². The molecule has 0 atom stereocenters. The van der Waals surface area contributed by atoms with Gasteiger partial charge in [0, 0.05) is 6.07 Å². The molecule has 0 saturated carbocycles. The van der Waals surface area contributed by atoms with E-state index >= 15 is 0 Å². The number of nitrogens with two attached hydrogens (primary N) is 1. The summed E-state index contributed by atoms with van der Waals surface area (Å²) in [6.45, 7) is 3.69. The fraction of sp³-hybridized carbons (Fsp3) is 0.143. The Morgan fingerprint density at radius 1 is 1.14 bits per heavy atom. The monoisotopic (exact) mass is 302 g/mol. The lowest BCUT2D eigenvalue weighted by atomic mass is 10.2. The van der Waals surface area contributed by atoms with E-state index in [4.69, 9.17) is 5.73 Å². The third kappa shape index (κ3) is 2.15. The number of anilines is 1. The lowest BCUT2D eigenvalue weighted by Gasteiger charge is -2.08. The van der Waals surface area contributed by atoms with E-state index < -0.39 is 9.84 Å². The molecular weight excluding hydrogens is 288 g/mol. The van der Waals surface area contributed by atoms with Crippen LogP contribution in [-0.4, -0.2) is 23.0 Å². The second-order valence-electron chi connectivity index (χ2n) is 4.88. The summed E-state index contributed by atoms with van der Waals surface area (Å²) in [5, 5.41) is 4.16. The Morgan fingerprint density at radius 3 is 2.48 bits per heavy atom. The molecule has 108 valence electrons. The van der Waals surface area contributed by atoms with Crippen LogP contribution in [0.3, 0.4) is 0 Å². The number of nitrogen functional groups attached to an aromatic ring is 1. The normalized spacial score (nSPS) is 11.9. The van der Waals surface area contributed by atoms with Crippen LogP contribution in [0.4, 0.5) is 5.82 Å². The van der Waals surface area contributed by atoms with Gasteiger partial charge in [-0.25, -0.2) is 13.4 Å². The van der Waals surface area contributed by atoms with Crippen molar-refractivity contribution in [3.8, 4) is 0 Å². The lowest BCUT2D eigenvalue weighted by Crippen LogP contribution is -2.11. The third-order valence-corrected chi connectivity index (χ3v) is 5.01. The van der Waals surface area contributed by atoms with Crippen LogP contribution in [0.2, 0.25) is 0 Å². The number of fused-ring (bicyclic) bond motifs is 1. The maximum absolute atomic E-state index is 12.7. The summed E-state index contributed by atoms with van der Waals surface area (Å²) in [6, 6.07) is 8.34. The molecule has 0 aliphatic carbocycles. The molecule has 2 heterocycles. The first-order chi connectivity index (χ1) is 9.89. The maximum Gasteiger partial charge on any atom is 0.211 e. The number of nitrogens with zero attached hydrogens (tertiary/aromatic N) is 3. The number of hydrogen-bond acceptors (Lipinski definition) is 5. The van der Waals surface area contributed by atoms with Gasteiger partial charge < -0.3 is 5.73 Å². The first-order valence-electron chi connectivity index (χ1n) is 6.32. The van der Waals surface area contributed by atoms with Crippen molar-refractivity contribution in [3.63, 3.8) is 0 Å². The summed E-state index contributed by atoms with van der Waals surface area (Å²) in [7, 11) is -3.72. The van der Waals surface area contributed by atoms with Crippen molar-refractivity contribution >= 4 is 21.3 Å². The maximum atomic E-state index is 12.7. The van der Waals surface area contributed by atoms with Crippen molar-refractivity contribution in [1.29, 1.82) is 0 Å². The minimum atomic E-state index is -3.72. The first kappa shape index (κ1) is 13.6. The van der Waals surface area contributed by atoms with E-state index in [9.17, 15) is 8.42 Å². The molecule has 0 unspecified atom stereocenters. The zero-order valence-electron chi connectivity index (χ0n) is 11.6. The highest BCUT2D eigenvalue weighted by atomic mass is 32.2. The molecule has 1 aromatic carbocycles. The second-order valence-corrected chi connectivity index (χ2v) is 6.80. The molecule has 3 rings (SSSR count). The molecule has 2 aromatic heterocycles. The Bertz CT molecular complexity index is 928. The molecule has 0 bridgehead atoms. The Morgan fingerprint density at radius 2 is 1.81 bits per heavy atom. The fourth-order valence-corrected chi connectivity index (χ4v) is 3.40. The highest BCUT2D eigenvalue weighted by Crippen LogP contribution is 2.26. The SMILES string of the molecule is Cc1ccc(S(=O)(=O)c2cnc3cc(C)nn3c2N)cc1. The first-order valence-corrected chi connectivity index (χ1v) is 7.80. The molecule has 3 aromatic rings. The van der Waals surface area contributed by atoms with Crippen molar-refractivity contribution in [2.45, 2.75) is 23.6 Å². The molecule has 0 spiro atoms. The van der Waals surface area contributed by atoms with E-state index in [1.165, 1.54) is 10.7 Å². The molecule has 7 heteroatoms. The van der Waals surface area contributed by atoms with Gasteiger partial charge in [0.2, 0.25) is 9.84 Å². The molecule has 0 radical (unpaired) electrons. The summed E-state index contributed by atoms with van der Waals surface area (Å²) in [5.41, 5.74) is 8.19. The Balaban J connectivity index is 2.23. The van der Waals surface area contributed by atoms with Gasteiger partial charge in [-0.05, 0) is 26.0 Å². The van der Waals surface area contributed by atoms with Crippen molar-refractivity contribution < 1.29 is 8.42 Å². The Kier molecular flexibility index (Phi) is 2.94. The Labute approximate surface area is 122 Å². The molecule has 0 aliphatic heterocycles. The predicted octanol–water partition coefficient (Wildman–Crippen LogP) is 1.76. The van der Waals surface area contributed by atoms with Crippen LogP contribution in [0.1, 0.15) is 11.3 Å². The lowest BCUT2D eigenvalue weighted by molar-refractivity contribution is 0.595. The number of aromatic nitrogens is 3. The molecule has 0 saturated heterocycles. The average molecular weight is 302 g/mol. The number of rotatable bonds is 2. The summed E-state index contributed by atoms with van der Waals surface area (Å²) in [4.78, 5) is 4.26. The molecule has 0 aliphatic rings. The van der Waals surface area contributed by atoms with Crippen LogP contribution >= 0.6 is 0 Å². The predicted molar refractivity (Wildman–Crippen MR) is 78.8 cm³/mol. The number of hydrogen-bond donors (Lipinski definition) is 1. The van der Waals surface area contributed by atoms with E-state index in [2.05, 4.69) is 10.1 Å². The van der Waals surface area contributed by atoms with Crippen LogP contribution in [-0.2, 0) is 9.84 Å². The van der Waals surface area contributed by atoms with Crippen molar-refractivity contribution in [2.75, 3.05) is 5.73 Å². The van der Waals surface area contributed by atoms with E-state index in [0.29, 0.717) is 5.65 Å². The highest BCUT2D eigenvalue weighted by molar-refractivity contribution is 7.91. The molecular formula is C14H14N4O2S. The van der Waals surface area contributed by atoms with Gasteiger partial charge in [0.15, 0.2) is 5.65 Å². The number of benzene rings is 1.